The molecule has 0 aliphatic carbocycles. The molecule has 3 aromatic rings. The number of anilines is 1. The summed E-state index contributed by atoms with van der Waals surface area (Å²) in [6, 6.07) is 8.15. The number of imidazole rings is 1. The number of aromatic amines is 1. The van der Waals surface area contributed by atoms with Crippen LogP contribution < -0.4 is 11.1 Å². The second kappa shape index (κ2) is 8.70. The molecule has 1 aliphatic heterocycles. The van der Waals surface area contributed by atoms with Gasteiger partial charge in [0.25, 0.3) is 0 Å². The standard InChI is InChI=1S/C22H27FN6O2/c1-13(2)26-21-25-9-8-16(27-21)18-17(14-4-6-15(23)7-5-14)28-19(29-18)20-30-11-22(3,10-24)12-31-20/h4-9,13,20H,10-12,24H2,1-3H3,(H,28,29)(H,25,26,27). The van der Waals surface area contributed by atoms with Gasteiger partial charge in [-0.05, 0) is 44.2 Å². The van der Waals surface area contributed by atoms with E-state index in [4.69, 9.17) is 20.2 Å². The lowest BCUT2D eigenvalue weighted by Crippen LogP contribution is -2.42. The quantitative estimate of drug-likeness (QED) is 0.553. The molecule has 4 rings (SSSR count). The Hall–Kier alpha value is -2.88. The molecule has 1 aliphatic rings. The van der Waals surface area contributed by atoms with E-state index >= 15 is 0 Å². The van der Waals surface area contributed by atoms with Crippen molar-refractivity contribution in [1.29, 1.82) is 0 Å². The Bertz CT molecular complexity index is 1030. The topological polar surface area (TPSA) is 111 Å². The van der Waals surface area contributed by atoms with Crippen LogP contribution in [0.25, 0.3) is 22.6 Å². The maximum atomic E-state index is 13.5. The van der Waals surface area contributed by atoms with Gasteiger partial charge in [0.05, 0.1) is 30.3 Å². The Kier molecular flexibility index (Phi) is 5.99. The van der Waals surface area contributed by atoms with Gasteiger partial charge in [0.2, 0.25) is 12.2 Å². The van der Waals surface area contributed by atoms with E-state index in [1.165, 1.54) is 12.1 Å². The minimum Gasteiger partial charge on any atom is -0.352 e. The maximum absolute atomic E-state index is 13.5. The molecule has 9 heteroatoms. The Morgan fingerprint density at radius 1 is 1.19 bits per heavy atom. The third-order valence-corrected chi connectivity index (χ3v) is 5.05. The first-order valence-electron chi connectivity index (χ1n) is 10.3. The van der Waals surface area contributed by atoms with Gasteiger partial charge in [-0.3, -0.25) is 0 Å². The molecule has 3 heterocycles. The highest BCUT2D eigenvalue weighted by Gasteiger charge is 2.34. The lowest BCUT2D eigenvalue weighted by atomic mass is 9.93. The molecule has 8 nitrogen and oxygen atoms in total. The van der Waals surface area contributed by atoms with Crippen molar-refractivity contribution in [3.63, 3.8) is 0 Å². The smallest absolute Gasteiger partial charge is 0.223 e. The van der Waals surface area contributed by atoms with Gasteiger partial charge in [-0.25, -0.2) is 19.3 Å². The van der Waals surface area contributed by atoms with Crippen molar-refractivity contribution in [3.8, 4) is 22.6 Å². The van der Waals surface area contributed by atoms with E-state index in [9.17, 15) is 4.39 Å². The number of H-pyrrole nitrogens is 1. The summed E-state index contributed by atoms with van der Waals surface area (Å²) in [4.78, 5) is 16.9. The van der Waals surface area contributed by atoms with E-state index in [0.29, 0.717) is 48.6 Å². The van der Waals surface area contributed by atoms with Crippen LogP contribution in [0.1, 0.15) is 32.9 Å². The molecule has 0 spiro atoms. The second-order valence-corrected chi connectivity index (χ2v) is 8.39. The average molecular weight is 426 g/mol. The zero-order chi connectivity index (χ0) is 22.0. The van der Waals surface area contributed by atoms with E-state index in [2.05, 4.69) is 20.3 Å². The number of hydrogen-bond donors (Lipinski definition) is 3. The minimum absolute atomic E-state index is 0.185. The molecule has 0 bridgehead atoms. The van der Waals surface area contributed by atoms with Gasteiger partial charge in [0.1, 0.15) is 5.82 Å². The number of halogens is 1. The minimum atomic E-state index is -0.650. The van der Waals surface area contributed by atoms with Crippen molar-refractivity contribution in [2.75, 3.05) is 25.1 Å². The fourth-order valence-electron chi connectivity index (χ4n) is 3.25. The van der Waals surface area contributed by atoms with Crippen LogP contribution in [0.3, 0.4) is 0 Å². The van der Waals surface area contributed by atoms with Crippen molar-refractivity contribution < 1.29 is 13.9 Å². The molecule has 1 aromatic carbocycles. The SMILES string of the molecule is CC(C)Nc1nccc(-c2[nH]c(C3OCC(C)(CN)CO3)nc2-c2ccc(F)cc2)n1. The molecule has 2 aromatic heterocycles. The van der Waals surface area contributed by atoms with E-state index in [1.807, 2.05) is 20.8 Å². The Morgan fingerprint density at radius 2 is 1.90 bits per heavy atom. The van der Waals surface area contributed by atoms with E-state index in [0.717, 1.165) is 5.56 Å². The van der Waals surface area contributed by atoms with Crippen LogP contribution in [0.15, 0.2) is 36.5 Å². The number of hydrogen-bond acceptors (Lipinski definition) is 7. The highest BCUT2D eigenvalue weighted by atomic mass is 19.1. The van der Waals surface area contributed by atoms with Gasteiger partial charge in [-0.1, -0.05) is 6.92 Å². The third-order valence-electron chi connectivity index (χ3n) is 5.05. The summed E-state index contributed by atoms with van der Waals surface area (Å²) in [6.45, 7) is 7.45. The summed E-state index contributed by atoms with van der Waals surface area (Å²) in [5.41, 5.74) is 8.31. The highest BCUT2D eigenvalue weighted by molar-refractivity contribution is 5.77. The van der Waals surface area contributed by atoms with Crippen molar-refractivity contribution in [2.24, 2.45) is 11.1 Å². The largest absolute Gasteiger partial charge is 0.352 e. The predicted octanol–water partition coefficient (Wildman–Crippen LogP) is 3.50. The molecule has 1 fully saturated rings. The lowest BCUT2D eigenvalue weighted by molar-refractivity contribution is -0.231. The molecule has 1 saturated heterocycles. The molecule has 0 unspecified atom stereocenters. The van der Waals surface area contributed by atoms with Gasteiger partial charge in [-0.15, -0.1) is 0 Å². The van der Waals surface area contributed by atoms with Gasteiger partial charge >= 0.3 is 0 Å². The summed E-state index contributed by atoms with van der Waals surface area (Å²) in [5, 5.41) is 3.20. The molecule has 164 valence electrons. The van der Waals surface area contributed by atoms with Crippen LogP contribution >= 0.6 is 0 Å². The molecule has 0 saturated carbocycles. The lowest BCUT2D eigenvalue weighted by Gasteiger charge is -2.35. The normalized spacial score (nSPS) is 21.4. The summed E-state index contributed by atoms with van der Waals surface area (Å²) < 4.78 is 25.3. The fraction of sp³-hybridized carbons (Fsp3) is 0.409. The van der Waals surface area contributed by atoms with Crippen LogP contribution in [0.2, 0.25) is 0 Å². The van der Waals surface area contributed by atoms with Gasteiger partial charge in [0.15, 0.2) is 5.82 Å². The van der Waals surface area contributed by atoms with Crippen molar-refractivity contribution >= 4 is 5.95 Å². The Morgan fingerprint density at radius 3 is 2.55 bits per heavy atom. The first kappa shape index (κ1) is 21.4. The van der Waals surface area contributed by atoms with Crippen molar-refractivity contribution in [2.45, 2.75) is 33.1 Å². The van der Waals surface area contributed by atoms with Crippen LogP contribution in [-0.4, -0.2) is 45.7 Å². The van der Waals surface area contributed by atoms with Crippen LogP contribution in [0.5, 0.6) is 0 Å². The second-order valence-electron chi connectivity index (χ2n) is 8.39. The first-order valence-corrected chi connectivity index (χ1v) is 10.3. The van der Waals surface area contributed by atoms with E-state index < -0.39 is 6.29 Å². The number of nitrogens with two attached hydrogens (primary N) is 1. The molecular weight excluding hydrogens is 399 g/mol. The molecule has 4 N–H and O–H groups in total. The van der Waals surface area contributed by atoms with Gasteiger partial charge < -0.3 is 25.5 Å². The summed E-state index contributed by atoms with van der Waals surface area (Å²) >= 11 is 0. The predicted molar refractivity (Wildman–Crippen MR) is 116 cm³/mol. The van der Waals surface area contributed by atoms with Gasteiger partial charge in [0, 0.05) is 29.8 Å². The molecule has 31 heavy (non-hydrogen) atoms. The number of nitrogens with one attached hydrogen (secondary N) is 2. The fourth-order valence-corrected chi connectivity index (χ4v) is 3.25. The molecule has 0 atom stereocenters. The zero-order valence-corrected chi connectivity index (χ0v) is 17.9. The van der Waals surface area contributed by atoms with E-state index in [-0.39, 0.29) is 17.3 Å². The number of ether oxygens (including phenoxy) is 2. The van der Waals surface area contributed by atoms with Crippen molar-refractivity contribution in [3.05, 3.63) is 48.2 Å². The number of aromatic nitrogens is 4. The van der Waals surface area contributed by atoms with Crippen LogP contribution in [0, 0.1) is 11.2 Å². The van der Waals surface area contributed by atoms with Crippen LogP contribution in [0.4, 0.5) is 10.3 Å². The molecular formula is C22H27FN6O2. The van der Waals surface area contributed by atoms with E-state index in [1.54, 1.807) is 24.4 Å². The highest BCUT2D eigenvalue weighted by Crippen LogP contribution is 2.35. The molecule has 0 amide bonds. The molecule has 0 radical (unpaired) electrons. The summed E-state index contributed by atoms with van der Waals surface area (Å²) in [7, 11) is 0. The number of benzene rings is 1. The number of rotatable bonds is 6. The zero-order valence-electron chi connectivity index (χ0n) is 17.9. The Balaban J connectivity index is 1.72. The van der Waals surface area contributed by atoms with Crippen molar-refractivity contribution in [1.82, 2.24) is 19.9 Å². The summed E-state index contributed by atoms with van der Waals surface area (Å²) in [5.74, 6) is 0.717. The first-order chi connectivity index (χ1) is 14.9. The third kappa shape index (κ3) is 4.73. The Labute approximate surface area is 180 Å². The monoisotopic (exact) mass is 426 g/mol. The average Bonchev–Trinajstić information content (AvgIpc) is 3.20. The van der Waals surface area contributed by atoms with Gasteiger partial charge in [-0.2, -0.15) is 0 Å². The maximum Gasteiger partial charge on any atom is 0.223 e. The number of nitrogens with zero attached hydrogens (tertiary/aromatic N) is 3. The summed E-state index contributed by atoms with van der Waals surface area (Å²) in [6.07, 6.45) is 1.03. The van der Waals surface area contributed by atoms with Crippen LogP contribution in [-0.2, 0) is 9.47 Å².